The van der Waals surface area contributed by atoms with Gasteiger partial charge in [0.1, 0.15) is 11.6 Å². The number of fused-ring (bicyclic) bond motifs is 1. The molecule has 3 rings (SSSR count). The van der Waals surface area contributed by atoms with Gasteiger partial charge in [-0.2, -0.15) is 0 Å². The van der Waals surface area contributed by atoms with Crippen molar-refractivity contribution >= 4 is 0 Å². The first-order chi connectivity index (χ1) is 7.95. The van der Waals surface area contributed by atoms with Crippen LogP contribution in [0.25, 0.3) is 0 Å². The Balaban J connectivity index is 1.84. The molecule has 16 heavy (non-hydrogen) atoms. The van der Waals surface area contributed by atoms with Gasteiger partial charge in [0.15, 0.2) is 0 Å². The summed E-state index contributed by atoms with van der Waals surface area (Å²) in [4.78, 5) is 0. The van der Waals surface area contributed by atoms with Gasteiger partial charge >= 0.3 is 0 Å². The van der Waals surface area contributed by atoms with Gasteiger partial charge in [0.05, 0.1) is 6.54 Å². The van der Waals surface area contributed by atoms with E-state index in [4.69, 9.17) is 0 Å². The molecule has 88 valence electrons. The first kappa shape index (κ1) is 10.3. The van der Waals surface area contributed by atoms with Gasteiger partial charge < -0.3 is 9.88 Å². The Hall–Kier alpha value is -0.900. The van der Waals surface area contributed by atoms with Gasteiger partial charge in [-0.3, -0.25) is 0 Å². The minimum atomic E-state index is 0.668. The number of nitrogens with zero attached hydrogens (tertiary/aromatic N) is 3. The SMILES string of the molecule is C1CCCC(c2nnc3n2CCNC3)CC1. The van der Waals surface area contributed by atoms with Gasteiger partial charge in [-0.1, -0.05) is 25.7 Å². The van der Waals surface area contributed by atoms with Gasteiger partial charge in [-0.15, -0.1) is 10.2 Å². The van der Waals surface area contributed by atoms with Crippen LogP contribution in [0.4, 0.5) is 0 Å². The van der Waals surface area contributed by atoms with E-state index in [1.807, 2.05) is 0 Å². The molecule has 0 saturated heterocycles. The first-order valence-electron chi connectivity index (χ1n) is 6.58. The van der Waals surface area contributed by atoms with E-state index >= 15 is 0 Å². The molecular weight excluding hydrogens is 200 g/mol. The minimum absolute atomic E-state index is 0.668. The van der Waals surface area contributed by atoms with Crippen LogP contribution in [0.1, 0.15) is 56.1 Å². The molecule has 2 aliphatic rings. The lowest BCUT2D eigenvalue weighted by molar-refractivity contribution is 0.462. The van der Waals surface area contributed by atoms with E-state index in [1.165, 1.54) is 44.3 Å². The summed E-state index contributed by atoms with van der Waals surface area (Å²) in [5.74, 6) is 3.06. The molecular formula is C12H20N4. The summed E-state index contributed by atoms with van der Waals surface area (Å²) in [6, 6.07) is 0. The van der Waals surface area contributed by atoms with Crippen LogP contribution in [0.2, 0.25) is 0 Å². The predicted molar refractivity (Wildman–Crippen MR) is 62.2 cm³/mol. The van der Waals surface area contributed by atoms with Crippen LogP contribution in [0.15, 0.2) is 0 Å². The van der Waals surface area contributed by atoms with Crippen molar-refractivity contribution in [3.63, 3.8) is 0 Å². The molecule has 2 heterocycles. The average molecular weight is 220 g/mol. The standard InChI is InChI=1S/C12H20N4/c1-2-4-6-10(5-3-1)12-15-14-11-9-13-7-8-16(11)12/h10,13H,1-9H2. The zero-order chi connectivity index (χ0) is 10.8. The Labute approximate surface area is 96.4 Å². The van der Waals surface area contributed by atoms with Crippen LogP contribution in [-0.4, -0.2) is 21.3 Å². The van der Waals surface area contributed by atoms with Gasteiger partial charge in [-0.25, -0.2) is 0 Å². The van der Waals surface area contributed by atoms with Gasteiger partial charge in [-0.05, 0) is 12.8 Å². The highest BCUT2D eigenvalue weighted by Gasteiger charge is 2.23. The molecule has 0 bridgehead atoms. The van der Waals surface area contributed by atoms with E-state index < -0.39 is 0 Å². The minimum Gasteiger partial charge on any atom is -0.312 e. The van der Waals surface area contributed by atoms with Crippen molar-refractivity contribution in [2.75, 3.05) is 6.54 Å². The van der Waals surface area contributed by atoms with Crippen LogP contribution in [0, 0.1) is 0 Å². The molecule has 1 fully saturated rings. The summed E-state index contributed by atoms with van der Waals surface area (Å²) in [6.07, 6.45) is 8.16. The van der Waals surface area contributed by atoms with E-state index in [-0.39, 0.29) is 0 Å². The topological polar surface area (TPSA) is 42.7 Å². The molecule has 1 N–H and O–H groups in total. The summed E-state index contributed by atoms with van der Waals surface area (Å²) in [5.41, 5.74) is 0. The average Bonchev–Trinajstić information content (AvgIpc) is 2.57. The predicted octanol–water partition coefficient (Wildman–Crippen LogP) is 1.82. The van der Waals surface area contributed by atoms with Crippen molar-refractivity contribution in [1.29, 1.82) is 0 Å². The van der Waals surface area contributed by atoms with Crippen LogP contribution in [0.3, 0.4) is 0 Å². The van der Waals surface area contributed by atoms with Gasteiger partial charge in [0, 0.05) is 19.0 Å². The second-order valence-corrected chi connectivity index (χ2v) is 4.99. The molecule has 1 aliphatic heterocycles. The fraction of sp³-hybridized carbons (Fsp3) is 0.833. The van der Waals surface area contributed by atoms with Gasteiger partial charge in [0.25, 0.3) is 0 Å². The van der Waals surface area contributed by atoms with Crippen LogP contribution in [-0.2, 0) is 13.1 Å². The Kier molecular flexibility index (Phi) is 2.91. The monoisotopic (exact) mass is 220 g/mol. The summed E-state index contributed by atoms with van der Waals surface area (Å²) in [5, 5.41) is 12.1. The zero-order valence-corrected chi connectivity index (χ0v) is 9.78. The second kappa shape index (κ2) is 4.53. The smallest absolute Gasteiger partial charge is 0.147 e. The van der Waals surface area contributed by atoms with E-state index in [0.717, 1.165) is 25.5 Å². The number of hydrogen-bond donors (Lipinski definition) is 1. The van der Waals surface area contributed by atoms with E-state index in [0.29, 0.717) is 5.92 Å². The summed E-state index contributed by atoms with van der Waals surface area (Å²) in [7, 11) is 0. The molecule has 4 heteroatoms. The van der Waals surface area contributed by atoms with Gasteiger partial charge in [0.2, 0.25) is 0 Å². The molecule has 0 spiro atoms. The lowest BCUT2D eigenvalue weighted by atomic mass is 9.99. The number of nitrogens with one attached hydrogen (secondary N) is 1. The first-order valence-corrected chi connectivity index (χ1v) is 6.58. The summed E-state index contributed by atoms with van der Waals surface area (Å²) in [6.45, 7) is 3.00. The van der Waals surface area contributed by atoms with E-state index in [1.54, 1.807) is 0 Å². The number of aromatic nitrogens is 3. The third kappa shape index (κ3) is 1.86. The molecule has 0 atom stereocenters. The highest BCUT2D eigenvalue weighted by Crippen LogP contribution is 2.31. The van der Waals surface area contributed by atoms with Crippen molar-refractivity contribution in [2.24, 2.45) is 0 Å². The molecule has 4 nitrogen and oxygen atoms in total. The van der Waals surface area contributed by atoms with Crippen molar-refractivity contribution in [3.8, 4) is 0 Å². The van der Waals surface area contributed by atoms with Crippen molar-refractivity contribution in [2.45, 2.75) is 57.5 Å². The number of rotatable bonds is 1. The maximum absolute atomic E-state index is 4.44. The van der Waals surface area contributed by atoms with E-state index in [9.17, 15) is 0 Å². The van der Waals surface area contributed by atoms with Crippen LogP contribution < -0.4 is 5.32 Å². The number of hydrogen-bond acceptors (Lipinski definition) is 3. The molecule has 0 amide bonds. The third-order valence-corrected chi connectivity index (χ3v) is 3.87. The van der Waals surface area contributed by atoms with Crippen molar-refractivity contribution in [3.05, 3.63) is 11.6 Å². The fourth-order valence-corrected chi connectivity index (χ4v) is 2.95. The molecule has 0 aromatic carbocycles. The maximum atomic E-state index is 4.44. The van der Waals surface area contributed by atoms with E-state index in [2.05, 4.69) is 20.1 Å². The highest BCUT2D eigenvalue weighted by atomic mass is 15.3. The Morgan fingerprint density at radius 1 is 1.06 bits per heavy atom. The molecule has 0 radical (unpaired) electrons. The quantitative estimate of drug-likeness (QED) is 0.734. The zero-order valence-electron chi connectivity index (χ0n) is 9.78. The normalized spacial score (nSPS) is 22.8. The van der Waals surface area contributed by atoms with Crippen LogP contribution in [0.5, 0.6) is 0 Å². The fourth-order valence-electron chi connectivity index (χ4n) is 2.95. The lowest BCUT2D eigenvalue weighted by Gasteiger charge is -2.19. The van der Waals surface area contributed by atoms with Crippen LogP contribution >= 0.6 is 0 Å². The summed E-state index contributed by atoms with van der Waals surface area (Å²) < 4.78 is 2.35. The largest absolute Gasteiger partial charge is 0.312 e. The second-order valence-electron chi connectivity index (χ2n) is 4.99. The van der Waals surface area contributed by atoms with Crippen molar-refractivity contribution < 1.29 is 0 Å². The summed E-state index contributed by atoms with van der Waals surface area (Å²) >= 11 is 0. The Morgan fingerprint density at radius 2 is 1.88 bits per heavy atom. The molecule has 1 aromatic rings. The molecule has 0 unspecified atom stereocenters. The third-order valence-electron chi connectivity index (χ3n) is 3.87. The Bertz CT molecular complexity index is 350. The van der Waals surface area contributed by atoms with Crippen molar-refractivity contribution in [1.82, 2.24) is 20.1 Å². The lowest BCUT2D eigenvalue weighted by Crippen LogP contribution is -2.29. The molecule has 1 aromatic heterocycles. The highest BCUT2D eigenvalue weighted by molar-refractivity contribution is 5.04. The maximum Gasteiger partial charge on any atom is 0.147 e. The molecule has 1 aliphatic carbocycles. The molecule has 1 saturated carbocycles. The Morgan fingerprint density at radius 3 is 2.69 bits per heavy atom.